The van der Waals surface area contributed by atoms with Gasteiger partial charge in [-0.3, -0.25) is 0 Å². The molecule has 42 heavy (non-hydrogen) atoms. The van der Waals surface area contributed by atoms with Crippen LogP contribution in [-0.2, 0) is 0 Å². The Morgan fingerprint density at radius 1 is 0.405 bits per heavy atom. The topological polar surface area (TPSA) is 4.93 Å². The van der Waals surface area contributed by atoms with Crippen LogP contribution in [0.2, 0.25) is 0 Å². The van der Waals surface area contributed by atoms with E-state index in [4.69, 9.17) is 0 Å². The Bertz CT molecular complexity index is 1810. The van der Waals surface area contributed by atoms with Gasteiger partial charge in [0.25, 0.3) is 0 Å². The van der Waals surface area contributed by atoms with E-state index in [1.165, 1.54) is 48.7 Å². The zero-order valence-corrected chi connectivity index (χ0v) is 30.8. The zero-order chi connectivity index (χ0) is 28.9. The van der Waals surface area contributed by atoms with Gasteiger partial charge in [-0.25, -0.2) is 0 Å². The van der Waals surface area contributed by atoms with E-state index in [0.717, 1.165) is 0 Å². The van der Waals surface area contributed by atoms with Gasteiger partial charge in [0, 0.05) is 16.5 Å². The van der Waals surface area contributed by atoms with Gasteiger partial charge in [-0.1, -0.05) is 91.0 Å². The van der Waals surface area contributed by atoms with Gasteiger partial charge in [0.05, 0.1) is 11.0 Å². The molecule has 7 rings (SSSR count). The van der Waals surface area contributed by atoms with Gasteiger partial charge in [0.2, 0.25) is 0 Å². The molecule has 0 fully saturated rings. The first-order valence-electron chi connectivity index (χ1n) is 13.5. The van der Waals surface area contributed by atoms with Crippen LogP contribution in [0.4, 0.5) is 0 Å². The molecule has 1 aromatic heterocycles. The molecule has 0 atom stereocenters. The van der Waals surface area contributed by atoms with Crippen molar-refractivity contribution in [2.75, 3.05) is 0 Å². The van der Waals surface area contributed by atoms with Crippen LogP contribution in [0.3, 0.4) is 0 Å². The summed E-state index contributed by atoms with van der Waals surface area (Å²) >= 11 is 8.85. The molecule has 0 saturated heterocycles. The summed E-state index contributed by atoms with van der Waals surface area (Å²) in [6, 6.07) is 59.9. The molecule has 0 unspecified atom stereocenters. The van der Waals surface area contributed by atoms with Crippen LogP contribution in [0.5, 0.6) is 0 Å². The number of hydrogen-bond acceptors (Lipinski definition) is 0. The minimum atomic E-state index is -2.16. The standard InChI is InChI=1S/C36H27NP.3BrH.Sb/c1-5-15-28(16-6-1)37-35-24-14-13-23-33(35)34-27-32(25-26-36(34)37)38(29-17-7-2-8-18-29,30-19-9-3-10-20-30)31-21-11-4-12-22-31;;;;/h1-27H;3*1H;/q+1;;;;+3/p-3. The van der Waals surface area contributed by atoms with Gasteiger partial charge in [-0.05, 0) is 72.8 Å². The third kappa shape index (κ3) is 5.82. The molecule has 0 saturated carbocycles. The first-order chi connectivity index (χ1) is 20.6. The molecule has 0 radical (unpaired) electrons. The second-order valence-electron chi connectivity index (χ2n) is 9.76. The third-order valence-electron chi connectivity index (χ3n) is 7.49. The van der Waals surface area contributed by atoms with E-state index in [-0.39, 0.29) is 0 Å². The van der Waals surface area contributed by atoms with Crippen LogP contribution in [0.15, 0.2) is 164 Å². The van der Waals surface area contributed by atoms with Crippen molar-refractivity contribution < 1.29 is 0 Å². The van der Waals surface area contributed by atoms with E-state index < -0.39 is 20.7 Å². The number of benzene rings is 6. The molecule has 0 amide bonds. The number of fused-ring (bicyclic) bond motifs is 3. The maximum Gasteiger partial charge on any atom is 0.144 e. The summed E-state index contributed by atoms with van der Waals surface area (Å²) in [7, 11) is -2.16. The largest absolute Gasteiger partial charge is 0.309 e. The fourth-order valence-corrected chi connectivity index (χ4v) is 10.1. The van der Waals surface area contributed by atoms with Crippen LogP contribution in [0.25, 0.3) is 27.5 Å². The number of aromatic nitrogens is 1. The second kappa shape index (κ2) is 13.6. The van der Waals surface area contributed by atoms with E-state index in [1.807, 2.05) is 0 Å². The van der Waals surface area contributed by atoms with Crippen LogP contribution in [-0.4, -0.2) is 18.0 Å². The molecule has 1 nitrogen and oxygen atoms in total. The molecule has 6 heteroatoms. The molecular formula is C36H27Br3NPSb+. The fraction of sp³-hybridized carbons (Fsp3) is 0. The Hall–Kier alpha value is -2.19. The minimum Gasteiger partial charge on any atom is -0.309 e. The summed E-state index contributed by atoms with van der Waals surface area (Å²) in [6.07, 6.45) is 0. The molecule has 0 spiro atoms. The molecule has 0 aliphatic carbocycles. The Morgan fingerprint density at radius 3 is 1.31 bits per heavy atom. The van der Waals surface area contributed by atoms with E-state index >= 15 is 0 Å². The number of para-hydroxylation sites is 2. The number of rotatable bonds is 5. The zero-order valence-electron chi connectivity index (χ0n) is 22.6. The molecule has 0 bridgehead atoms. The summed E-state index contributed by atoms with van der Waals surface area (Å²) in [6.45, 7) is 0. The molecule has 0 aliphatic rings. The average Bonchev–Trinajstić information content (AvgIpc) is 3.37. The van der Waals surface area contributed by atoms with Crippen molar-refractivity contribution in [3.8, 4) is 5.69 Å². The first kappa shape index (κ1) is 29.9. The van der Waals surface area contributed by atoms with Gasteiger partial charge in [0.15, 0.2) is 0 Å². The third-order valence-corrected chi connectivity index (χ3v) is 11.8. The van der Waals surface area contributed by atoms with Crippen LogP contribution in [0.1, 0.15) is 0 Å². The monoisotopic (exact) mass is 862 g/mol. The van der Waals surface area contributed by atoms with E-state index in [1.54, 1.807) is 0 Å². The Balaban J connectivity index is 0.000000744. The molecule has 6 aromatic carbocycles. The summed E-state index contributed by atoms with van der Waals surface area (Å²) in [5.41, 5.74) is 3.64. The van der Waals surface area contributed by atoms with Crippen molar-refractivity contribution in [3.05, 3.63) is 164 Å². The molecule has 0 aliphatic heterocycles. The Labute approximate surface area is 273 Å². The Morgan fingerprint density at radius 2 is 0.810 bits per heavy atom. The molecule has 0 N–H and O–H groups in total. The average molecular weight is 866 g/mol. The van der Waals surface area contributed by atoms with Crippen molar-refractivity contribution >= 4 is 102 Å². The van der Waals surface area contributed by atoms with Gasteiger partial charge in [-0.15, -0.1) is 0 Å². The molecular weight excluding hydrogens is 839 g/mol. The summed E-state index contributed by atoms with van der Waals surface area (Å²) in [4.78, 5) is 0. The predicted molar refractivity (Wildman–Crippen MR) is 198 cm³/mol. The summed E-state index contributed by atoms with van der Waals surface area (Å²) in [5.74, 6) is 0. The van der Waals surface area contributed by atoms with Crippen LogP contribution < -0.4 is 21.2 Å². The summed E-state index contributed by atoms with van der Waals surface area (Å²) in [5, 5.41) is 8.02. The van der Waals surface area contributed by atoms with E-state index in [2.05, 4.69) is 206 Å². The minimum absolute atomic E-state index is 1.01. The van der Waals surface area contributed by atoms with Gasteiger partial charge < -0.3 is 4.57 Å². The van der Waals surface area contributed by atoms with Crippen molar-refractivity contribution in [1.82, 2.24) is 4.57 Å². The normalized spacial score (nSPS) is 11.4. The maximum atomic E-state index is 3.29. The van der Waals surface area contributed by atoms with Gasteiger partial charge in [0.1, 0.15) is 28.5 Å². The van der Waals surface area contributed by atoms with Gasteiger partial charge in [-0.2, -0.15) is 0 Å². The SMILES string of the molecule is [Br][Sb]([Br])[Br].c1ccc(-n2c3ccccc3c3cc([P+](c4ccccc4)(c4ccccc4)c4ccccc4)ccc32)cc1. The molecule has 1 heterocycles. The van der Waals surface area contributed by atoms with E-state index in [9.17, 15) is 0 Å². The van der Waals surface area contributed by atoms with Crippen molar-refractivity contribution in [2.24, 2.45) is 0 Å². The summed E-state index contributed by atoms with van der Waals surface area (Å²) < 4.78 is 2.39. The van der Waals surface area contributed by atoms with Crippen molar-refractivity contribution in [3.63, 3.8) is 0 Å². The predicted octanol–water partition coefficient (Wildman–Crippen LogP) is 9.56. The van der Waals surface area contributed by atoms with Gasteiger partial charge >= 0.3 is 51.2 Å². The smallest absolute Gasteiger partial charge is 0.144 e. The Kier molecular flexibility index (Phi) is 9.69. The fourth-order valence-electron chi connectivity index (χ4n) is 5.87. The number of halogens is 3. The van der Waals surface area contributed by atoms with Crippen LogP contribution >= 0.6 is 45.0 Å². The van der Waals surface area contributed by atoms with Crippen molar-refractivity contribution in [1.29, 1.82) is 0 Å². The second-order valence-corrected chi connectivity index (χ2v) is 47.7. The van der Waals surface area contributed by atoms with Crippen LogP contribution in [0, 0.1) is 0 Å². The maximum absolute atomic E-state index is 3.29. The number of hydrogen-bond donors (Lipinski definition) is 0. The number of nitrogens with zero attached hydrogens (tertiary/aromatic N) is 1. The van der Waals surface area contributed by atoms with E-state index in [0.29, 0.717) is 0 Å². The first-order valence-corrected chi connectivity index (χ1v) is 32.5. The quantitative estimate of drug-likeness (QED) is 0.120. The van der Waals surface area contributed by atoms with Crippen molar-refractivity contribution in [2.45, 2.75) is 0 Å². The molecule has 7 aromatic rings. The molecule has 206 valence electrons.